The SMILES string of the molecule is COC(=O)C1Cc2c(n(C)c3ccccc23)CN1C(=S)SC. The van der Waals surface area contributed by atoms with Gasteiger partial charge in [0.2, 0.25) is 0 Å². The lowest BCUT2D eigenvalue weighted by atomic mass is 9.97. The summed E-state index contributed by atoms with van der Waals surface area (Å²) in [5.74, 6) is -0.227. The summed E-state index contributed by atoms with van der Waals surface area (Å²) >= 11 is 6.94. The van der Waals surface area contributed by atoms with Crippen LogP contribution in [0.25, 0.3) is 10.9 Å². The Balaban J connectivity index is 2.13. The van der Waals surface area contributed by atoms with E-state index in [1.807, 2.05) is 23.3 Å². The monoisotopic (exact) mass is 334 g/mol. The maximum Gasteiger partial charge on any atom is 0.328 e. The predicted octanol–water partition coefficient (Wildman–Crippen LogP) is 2.73. The van der Waals surface area contributed by atoms with Crippen molar-refractivity contribution in [3.8, 4) is 0 Å². The minimum absolute atomic E-state index is 0.227. The quantitative estimate of drug-likeness (QED) is 0.592. The van der Waals surface area contributed by atoms with E-state index in [4.69, 9.17) is 17.0 Å². The first kappa shape index (κ1) is 15.4. The molecule has 22 heavy (non-hydrogen) atoms. The molecule has 1 atom stereocenters. The highest BCUT2D eigenvalue weighted by atomic mass is 32.2. The minimum Gasteiger partial charge on any atom is -0.467 e. The number of rotatable bonds is 1. The van der Waals surface area contributed by atoms with Crippen LogP contribution >= 0.6 is 24.0 Å². The van der Waals surface area contributed by atoms with E-state index in [0.717, 1.165) is 4.32 Å². The summed E-state index contributed by atoms with van der Waals surface area (Å²) in [6.07, 6.45) is 2.57. The van der Waals surface area contributed by atoms with Crippen molar-refractivity contribution in [2.75, 3.05) is 13.4 Å². The number of ether oxygens (including phenoxy) is 1. The van der Waals surface area contributed by atoms with E-state index in [0.29, 0.717) is 13.0 Å². The third-order valence-corrected chi connectivity index (χ3v) is 5.64. The molecule has 0 bridgehead atoms. The highest BCUT2D eigenvalue weighted by Crippen LogP contribution is 2.33. The van der Waals surface area contributed by atoms with Crippen molar-refractivity contribution in [2.24, 2.45) is 7.05 Å². The summed E-state index contributed by atoms with van der Waals surface area (Å²) < 4.78 is 7.92. The van der Waals surface area contributed by atoms with Gasteiger partial charge in [0.25, 0.3) is 0 Å². The molecule has 1 aliphatic heterocycles. The van der Waals surface area contributed by atoms with Crippen molar-refractivity contribution in [1.82, 2.24) is 9.47 Å². The number of aryl methyl sites for hydroxylation is 1. The van der Waals surface area contributed by atoms with Crippen LogP contribution in [0, 0.1) is 0 Å². The lowest BCUT2D eigenvalue weighted by Gasteiger charge is -2.35. The third-order valence-electron chi connectivity index (χ3n) is 4.32. The van der Waals surface area contributed by atoms with Gasteiger partial charge in [0.15, 0.2) is 0 Å². The summed E-state index contributed by atoms with van der Waals surface area (Å²) in [7, 11) is 3.50. The second-order valence-electron chi connectivity index (χ2n) is 5.34. The molecule has 116 valence electrons. The molecule has 0 saturated heterocycles. The van der Waals surface area contributed by atoms with Crippen LogP contribution in [-0.4, -0.2) is 39.2 Å². The number of thiocarbonyl (C=S) groups is 1. The summed E-state index contributed by atoms with van der Waals surface area (Å²) in [4.78, 5) is 14.2. The van der Waals surface area contributed by atoms with Gasteiger partial charge in [-0.05, 0) is 17.9 Å². The number of hydrogen-bond donors (Lipinski definition) is 0. The zero-order chi connectivity index (χ0) is 15.9. The van der Waals surface area contributed by atoms with Gasteiger partial charge in [-0.3, -0.25) is 0 Å². The largest absolute Gasteiger partial charge is 0.467 e. The normalized spacial score (nSPS) is 17.4. The number of nitrogens with zero attached hydrogens (tertiary/aromatic N) is 2. The van der Waals surface area contributed by atoms with Crippen LogP contribution < -0.4 is 0 Å². The highest BCUT2D eigenvalue weighted by Gasteiger charge is 2.36. The smallest absolute Gasteiger partial charge is 0.328 e. The fourth-order valence-corrected chi connectivity index (χ4v) is 3.80. The van der Waals surface area contributed by atoms with Gasteiger partial charge in [-0.25, -0.2) is 4.79 Å². The number of para-hydroxylation sites is 1. The van der Waals surface area contributed by atoms with Gasteiger partial charge in [-0.2, -0.15) is 0 Å². The van der Waals surface area contributed by atoms with Gasteiger partial charge in [0.1, 0.15) is 10.4 Å². The number of fused-ring (bicyclic) bond motifs is 3. The molecule has 2 heterocycles. The van der Waals surface area contributed by atoms with Crippen LogP contribution in [0.15, 0.2) is 24.3 Å². The van der Waals surface area contributed by atoms with Gasteiger partial charge in [0.05, 0.1) is 13.7 Å². The van der Waals surface area contributed by atoms with Crippen LogP contribution in [0.4, 0.5) is 0 Å². The number of benzene rings is 1. The molecule has 0 radical (unpaired) electrons. The molecule has 3 rings (SSSR count). The lowest BCUT2D eigenvalue weighted by molar-refractivity contribution is -0.145. The first-order chi connectivity index (χ1) is 10.6. The third kappa shape index (κ3) is 2.30. The molecule has 0 saturated carbocycles. The van der Waals surface area contributed by atoms with Gasteiger partial charge >= 0.3 is 5.97 Å². The minimum atomic E-state index is -0.344. The molecular weight excluding hydrogens is 316 g/mol. The van der Waals surface area contributed by atoms with Crippen molar-refractivity contribution >= 4 is 45.2 Å². The highest BCUT2D eigenvalue weighted by molar-refractivity contribution is 8.22. The van der Waals surface area contributed by atoms with Crippen LogP contribution in [0.2, 0.25) is 0 Å². The number of carbonyl (C=O) groups excluding carboxylic acids is 1. The van der Waals surface area contributed by atoms with E-state index >= 15 is 0 Å². The first-order valence-electron chi connectivity index (χ1n) is 7.06. The zero-order valence-electron chi connectivity index (χ0n) is 12.8. The second-order valence-corrected chi connectivity index (χ2v) is 6.78. The molecule has 6 heteroatoms. The Kier molecular flexibility index (Phi) is 4.14. The summed E-state index contributed by atoms with van der Waals surface area (Å²) in [5.41, 5.74) is 3.64. The maximum absolute atomic E-state index is 12.2. The van der Waals surface area contributed by atoms with Gasteiger partial charge < -0.3 is 14.2 Å². The Morgan fingerprint density at radius 2 is 2.14 bits per heavy atom. The molecule has 1 unspecified atom stereocenters. The molecule has 0 aliphatic carbocycles. The molecular formula is C16H18N2O2S2. The molecule has 0 N–H and O–H groups in total. The lowest BCUT2D eigenvalue weighted by Crippen LogP contribution is -2.47. The van der Waals surface area contributed by atoms with E-state index in [2.05, 4.69) is 23.7 Å². The van der Waals surface area contributed by atoms with E-state index in [-0.39, 0.29) is 12.0 Å². The molecule has 0 fully saturated rings. The second kappa shape index (κ2) is 5.93. The molecule has 0 spiro atoms. The maximum atomic E-state index is 12.2. The average Bonchev–Trinajstić information content (AvgIpc) is 2.85. The Labute approximate surface area is 139 Å². The number of esters is 1. The van der Waals surface area contributed by atoms with Crippen LogP contribution in [0.5, 0.6) is 0 Å². The molecule has 1 aromatic heterocycles. The van der Waals surface area contributed by atoms with Gasteiger partial charge in [-0.1, -0.05) is 30.4 Å². The predicted molar refractivity (Wildman–Crippen MR) is 94.1 cm³/mol. The van der Waals surface area contributed by atoms with E-state index in [9.17, 15) is 4.79 Å². The standard InChI is InChI=1S/C16H18N2O2S2/c1-17-12-7-5-4-6-10(12)11-8-13(15(19)20-2)18(9-14(11)17)16(21)22-3/h4-7,13H,8-9H2,1-3H3. The van der Waals surface area contributed by atoms with Gasteiger partial charge in [0, 0.05) is 30.1 Å². The van der Waals surface area contributed by atoms with E-state index < -0.39 is 0 Å². The number of aromatic nitrogens is 1. The van der Waals surface area contributed by atoms with Crippen molar-refractivity contribution < 1.29 is 9.53 Å². The van der Waals surface area contributed by atoms with Crippen molar-refractivity contribution in [1.29, 1.82) is 0 Å². The van der Waals surface area contributed by atoms with E-state index in [1.54, 1.807) is 0 Å². The number of methoxy groups -OCH3 is 1. The first-order valence-corrected chi connectivity index (χ1v) is 8.69. The Morgan fingerprint density at radius 3 is 2.82 bits per heavy atom. The molecule has 4 nitrogen and oxygen atoms in total. The summed E-state index contributed by atoms with van der Waals surface area (Å²) in [6.45, 7) is 0.639. The molecule has 0 amide bonds. The molecule has 1 aliphatic rings. The van der Waals surface area contributed by atoms with Gasteiger partial charge in [-0.15, -0.1) is 11.8 Å². The summed E-state index contributed by atoms with van der Waals surface area (Å²) in [6, 6.07) is 7.96. The van der Waals surface area contributed by atoms with Crippen molar-refractivity contribution in [3.05, 3.63) is 35.5 Å². The zero-order valence-corrected chi connectivity index (χ0v) is 14.5. The van der Waals surface area contributed by atoms with Crippen molar-refractivity contribution in [3.63, 3.8) is 0 Å². The molecule has 2 aromatic rings. The molecule has 1 aromatic carbocycles. The van der Waals surface area contributed by atoms with Crippen LogP contribution in [0.3, 0.4) is 0 Å². The topological polar surface area (TPSA) is 34.5 Å². The summed E-state index contributed by atoms with van der Waals surface area (Å²) in [5, 5.41) is 1.21. The van der Waals surface area contributed by atoms with Crippen LogP contribution in [0.1, 0.15) is 11.3 Å². The van der Waals surface area contributed by atoms with Crippen molar-refractivity contribution in [2.45, 2.75) is 19.0 Å². The Hall–Kier alpha value is -1.53. The number of carbonyl (C=O) groups is 1. The fraction of sp³-hybridized carbons (Fsp3) is 0.375. The number of thioether (sulfide) groups is 1. The van der Waals surface area contributed by atoms with E-state index in [1.165, 1.54) is 41.0 Å². The number of hydrogen-bond acceptors (Lipinski definition) is 4. The Bertz CT molecular complexity index is 754. The van der Waals surface area contributed by atoms with Crippen LogP contribution in [-0.2, 0) is 29.5 Å². The Morgan fingerprint density at radius 1 is 1.41 bits per heavy atom. The fourth-order valence-electron chi connectivity index (χ4n) is 3.18. The average molecular weight is 334 g/mol.